The normalized spacial score (nSPS) is 10.2. The van der Waals surface area contributed by atoms with Gasteiger partial charge in [-0.2, -0.15) is 11.8 Å². The van der Waals surface area contributed by atoms with Gasteiger partial charge in [-0.3, -0.25) is 4.79 Å². The van der Waals surface area contributed by atoms with Crippen LogP contribution in [0.1, 0.15) is 19.3 Å². The summed E-state index contributed by atoms with van der Waals surface area (Å²) in [6.07, 6.45) is 4.79. The van der Waals surface area contributed by atoms with Crippen molar-refractivity contribution in [3.05, 3.63) is 24.3 Å². The lowest BCUT2D eigenvalue weighted by Crippen LogP contribution is -2.14. The molecular weight excluding hydrogens is 260 g/mol. The Labute approximate surface area is 119 Å². The van der Waals surface area contributed by atoms with Crippen LogP contribution in [0.25, 0.3) is 0 Å². The molecule has 106 valence electrons. The average Bonchev–Trinajstić information content (AvgIpc) is 2.40. The first-order valence-electron chi connectivity index (χ1n) is 6.46. The number of thioether (sulfide) groups is 1. The van der Waals surface area contributed by atoms with E-state index in [0.717, 1.165) is 18.0 Å². The zero-order valence-corrected chi connectivity index (χ0v) is 12.2. The maximum atomic E-state index is 10.6. The molecule has 0 bridgehead atoms. The number of nitrogens with two attached hydrogens (primary N) is 1. The van der Waals surface area contributed by atoms with Crippen LogP contribution in [-0.2, 0) is 4.79 Å². The van der Waals surface area contributed by atoms with Gasteiger partial charge in [-0.15, -0.1) is 0 Å². The second kappa shape index (κ2) is 9.55. The number of carbonyl (C=O) groups is 1. The number of hydrogen-bond donors (Lipinski definition) is 2. The fraction of sp³-hybridized carbons (Fsp3) is 0.500. The lowest BCUT2D eigenvalue weighted by Gasteiger charge is -2.08. The van der Waals surface area contributed by atoms with Crippen LogP contribution >= 0.6 is 11.8 Å². The predicted octanol–water partition coefficient (Wildman–Crippen LogP) is 2.50. The number of ether oxygens (including phenoxy) is 1. The van der Waals surface area contributed by atoms with Crippen LogP contribution in [0.4, 0.5) is 5.69 Å². The topological polar surface area (TPSA) is 64.3 Å². The molecule has 0 aromatic heterocycles. The van der Waals surface area contributed by atoms with E-state index in [-0.39, 0.29) is 12.3 Å². The fourth-order valence-corrected chi connectivity index (χ4v) is 2.04. The summed E-state index contributed by atoms with van der Waals surface area (Å²) < 4.78 is 5.40. The highest BCUT2D eigenvalue weighted by Gasteiger charge is 1.97. The second-order valence-corrected chi connectivity index (χ2v) is 5.20. The Hall–Kier alpha value is -1.36. The molecule has 5 heteroatoms. The molecule has 0 saturated heterocycles. The smallest absolute Gasteiger partial charge is 0.220 e. The zero-order chi connectivity index (χ0) is 13.9. The minimum absolute atomic E-state index is 0.245. The van der Waals surface area contributed by atoms with Gasteiger partial charge >= 0.3 is 0 Å². The average molecular weight is 282 g/mol. The van der Waals surface area contributed by atoms with E-state index in [1.807, 2.05) is 36.0 Å². The molecule has 0 radical (unpaired) electrons. The zero-order valence-electron chi connectivity index (χ0n) is 11.4. The van der Waals surface area contributed by atoms with Crippen LogP contribution in [0, 0.1) is 0 Å². The van der Waals surface area contributed by atoms with Crippen molar-refractivity contribution >= 4 is 23.4 Å². The third kappa shape index (κ3) is 7.62. The van der Waals surface area contributed by atoms with Crippen molar-refractivity contribution in [1.82, 2.24) is 0 Å². The molecule has 1 rings (SSSR count). The predicted molar refractivity (Wildman–Crippen MR) is 81.9 cm³/mol. The summed E-state index contributed by atoms with van der Waals surface area (Å²) in [6.45, 7) is 1.32. The second-order valence-electron chi connectivity index (χ2n) is 4.22. The Bertz CT molecular complexity index is 368. The number of nitrogens with one attached hydrogen (secondary N) is 1. The number of carbonyl (C=O) groups excluding carboxylic acids is 1. The molecule has 4 nitrogen and oxygen atoms in total. The van der Waals surface area contributed by atoms with E-state index in [1.165, 1.54) is 18.6 Å². The third-order valence-corrected chi connectivity index (χ3v) is 3.27. The Kier molecular flexibility index (Phi) is 7.89. The highest BCUT2D eigenvalue weighted by Crippen LogP contribution is 2.16. The van der Waals surface area contributed by atoms with E-state index in [2.05, 4.69) is 11.6 Å². The molecule has 0 saturated carbocycles. The lowest BCUT2D eigenvalue weighted by molar-refractivity contribution is -0.118. The maximum absolute atomic E-state index is 10.6. The van der Waals surface area contributed by atoms with Crippen molar-refractivity contribution in [2.75, 3.05) is 30.5 Å². The summed E-state index contributed by atoms with van der Waals surface area (Å²) in [4.78, 5) is 10.6. The van der Waals surface area contributed by atoms with Crippen LogP contribution in [0.2, 0.25) is 0 Å². The van der Waals surface area contributed by atoms with Crippen molar-refractivity contribution in [3.8, 4) is 5.75 Å². The van der Waals surface area contributed by atoms with Crippen molar-refractivity contribution in [3.63, 3.8) is 0 Å². The van der Waals surface area contributed by atoms with Gasteiger partial charge < -0.3 is 15.8 Å². The Balaban J connectivity index is 2.21. The number of benzene rings is 1. The summed E-state index contributed by atoms with van der Waals surface area (Å²) in [6, 6.07) is 7.75. The minimum Gasteiger partial charge on any atom is -0.493 e. The molecule has 0 aliphatic carbocycles. The number of unbranched alkanes of at least 4 members (excludes halogenated alkanes) is 1. The summed E-state index contributed by atoms with van der Waals surface area (Å²) in [5.74, 6) is 1.63. The summed E-state index contributed by atoms with van der Waals surface area (Å²) in [5.41, 5.74) is 6.13. The Morgan fingerprint density at radius 2 is 2.05 bits per heavy atom. The monoisotopic (exact) mass is 282 g/mol. The van der Waals surface area contributed by atoms with Gasteiger partial charge in [-0.25, -0.2) is 0 Å². The van der Waals surface area contributed by atoms with E-state index in [0.29, 0.717) is 6.61 Å². The number of amides is 1. The molecule has 0 unspecified atom stereocenters. The molecule has 0 aliphatic heterocycles. The van der Waals surface area contributed by atoms with Crippen molar-refractivity contribution in [2.24, 2.45) is 5.73 Å². The first-order chi connectivity index (χ1) is 9.22. The van der Waals surface area contributed by atoms with E-state index in [9.17, 15) is 4.79 Å². The molecule has 0 heterocycles. The van der Waals surface area contributed by atoms with Crippen LogP contribution in [0.3, 0.4) is 0 Å². The molecule has 3 N–H and O–H groups in total. The summed E-state index contributed by atoms with van der Waals surface area (Å²) >= 11 is 1.88. The Morgan fingerprint density at radius 1 is 1.32 bits per heavy atom. The van der Waals surface area contributed by atoms with E-state index in [4.69, 9.17) is 10.5 Å². The van der Waals surface area contributed by atoms with Crippen molar-refractivity contribution < 1.29 is 9.53 Å². The number of anilines is 1. The van der Waals surface area contributed by atoms with Gasteiger partial charge in [-0.1, -0.05) is 0 Å². The molecule has 19 heavy (non-hydrogen) atoms. The SMILES string of the molecule is CSCCCCNc1ccc(OCCC(N)=O)cc1. The quantitative estimate of drug-likeness (QED) is 0.647. The molecule has 1 amide bonds. The van der Waals surface area contributed by atoms with E-state index in [1.54, 1.807) is 0 Å². The summed E-state index contributed by atoms with van der Waals surface area (Å²) in [7, 11) is 0. The van der Waals surface area contributed by atoms with E-state index < -0.39 is 0 Å². The van der Waals surface area contributed by atoms with Crippen LogP contribution in [0.5, 0.6) is 5.75 Å². The number of hydrogen-bond acceptors (Lipinski definition) is 4. The van der Waals surface area contributed by atoms with Gasteiger partial charge in [0.1, 0.15) is 5.75 Å². The highest BCUT2D eigenvalue weighted by atomic mass is 32.2. The molecule has 1 aromatic rings. The Morgan fingerprint density at radius 3 is 2.68 bits per heavy atom. The largest absolute Gasteiger partial charge is 0.493 e. The minimum atomic E-state index is -0.344. The molecule has 0 atom stereocenters. The van der Waals surface area contributed by atoms with Gasteiger partial charge in [0.05, 0.1) is 13.0 Å². The van der Waals surface area contributed by atoms with E-state index >= 15 is 0 Å². The standard InChI is InChI=1S/C14H22N2O2S/c1-19-11-3-2-9-16-12-4-6-13(7-5-12)18-10-8-14(15)17/h4-7,16H,2-3,8-11H2,1H3,(H2,15,17). The highest BCUT2D eigenvalue weighted by molar-refractivity contribution is 7.98. The fourth-order valence-electron chi connectivity index (χ4n) is 1.54. The van der Waals surface area contributed by atoms with Gasteiger partial charge in [0, 0.05) is 12.2 Å². The molecule has 0 spiro atoms. The van der Waals surface area contributed by atoms with Crippen molar-refractivity contribution in [1.29, 1.82) is 0 Å². The first-order valence-corrected chi connectivity index (χ1v) is 7.85. The third-order valence-electron chi connectivity index (χ3n) is 2.58. The number of rotatable bonds is 10. The summed E-state index contributed by atoms with van der Waals surface area (Å²) in [5, 5.41) is 3.37. The maximum Gasteiger partial charge on any atom is 0.220 e. The van der Waals surface area contributed by atoms with Gasteiger partial charge in [0.25, 0.3) is 0 Å². The van der Waals surface area contributed by atoms with Crippen LogP contribution in [0.15, 0.2) is 24.3 Å². The molecule has 1 aromatic carbocycles. The van der Waals surface area contributed by atoms with Crippen molar-refractivity contribution in [2.45, 2.75) is 19.3 Å². The van der Waals surface area contributed by atoms with Gasteiger partial charge in [-0.05, 0) is 49.1 Å². The van der Waals surface area contributed by atoms with Gasteiger partial charge in [0.2, 0.25) is 5.91 Å². The first kappa shape index (κ1) is 15.7. The lowest BCUT2D eigenvalue weighted by atomic mass is 10.3. The molecule has 0 aliphatic rings. The number of primary amides is 1. The molecular formula is C14H22N2O2S. The van der Waals surface area contributed by atoms with Crippen LogP contribution in [-0.4, -0.2) is 31.1 Å². The molecule has 0 fully saturated rings. The van der Waals surface area contributed by atoms with Gasteiger partial charge in [0.15, 0.2) is 0 Å². The van der Waals surface area contributed by atoms with Crippen LogP contribution < -0.4 is 15.8 Å².